The first-order valence-corrected chi connectivity index (χ1v) is 8.48. The molecule has 2 aromatic rings. The second-order valence-electron chi connectivity index (χ2n) is 5.24. The molecule has 1 heterocycles. The lowest BCUT2D eigenvalue weighted by Gasteiger charge is -2.40. The number of likely N-dealkylation sites (N-methyl/N-ethyl adjacent to an activating group) is 1. The molecule has 0 spiro atoms. The van der Waals surface area contributed by atoms with Crippen LogP contribution < -0.4 is 5.32 Å². The van der Waals surface area contributed by atoms with Crippen molar-refractivity contribution in [3.05, 3.63) is 58.3 Å². The minimum absolute atomic E-state index is 0.169. The Morgan fingerprint density at radius 1 is 1.00 bits per heavy atom. The van der Waals surface area contributed by atoms with Gasteiger partial charge in [0, 0.05) is 10.3 Å². The van der Waals surface area contributed by atoms with Gasteiger partial charge < -0.3 is 5.32 Å². The summed E-state index contributed by atoms with van der Waals surface area (Å²) >= 11 is 1.86. The molecule has 0 saturated carbocycles. The summed E-state index contributed by atoms with van der Waals surface area (Å²) in [5.41, 5.74) is 1.62. The van der Waals surface area contributed by atoms with E-state index in [-0.39, 0.29) is 5.41 Å². The first-order valence-electron chi connectivity index (χ1n) is 7.60. The Hall–Kier alpha value is -1.12. The summed E-state index contributed by atoms with van der Waals surface area (Å²) in [7, 11) is 0. The van der Waals surface area contributed by atoms with Crippen LogP contribution in [-0.2, 0) is 5.41 Å². The Kier molecular flexibility index (Phi) is 5.38. The van der Waals surface area contributed by atoms with Gasteiger partial charge in [-0.05, 0) is 36.4 Å². The highest BCUT2D eigenvalue weighted by Gasteiger charge is 2.38. The highest BCUT2D eigenvalue weighted by atomic mass is 32.1. The van der Waals surface area contributed by atoms with E-state index in [2.05, 4.69) is 73.9 Å². The summed E-state index contributed by atoms with van der Waals surface area (Å²) in [6.07, 6.45) is 2.28. The third kappa shape index (κ3) is 2.82. The molecule has 1 aromatic heterocycles. The molecule has 2 heteroatoms. The van der Waals surface area contributed by atoms with Crippen molar-refractivity contribution in [1.82, 2.24) is 5.32 Å². The number of nitrogens with one attached hydrogen (secondary N) is 1. The summed E-state index contributed by atoms with van der Waals surface area (Å²) in [6, 6.07) is 15.8. The Morgan fingerprint density at radius 3 is 2.20 bits per heavy atom. The lowest BCUT2D eigenvalue weighted by molar-refractivity contribution is 0.281. The van der Waals surface area contributed by atoms with Crippen LogP contribution in [0.15, 0.2) is 47.8 Å². The van der Waals surface area contributed by atoms with Gasteiger partial charge >= 0.3 is 0 Å². The molecule has 0 fully saturated rings. The zero-order chi connectivity index (χ0) is 14.4. The molecule has 1 nitrogen and oxygen atoms in total. The number of hydrogen-bond acceptors (Lipinski definition) is 2. The zero-order valence-corrected chi connectivity index (χ0v) is 13.5. The maximum Gasteiger partial charge on any atom is 0.0512 e. The Bertz CT molecular complexity index is 485. The fourth-order valence-electron chi connectivity index (χ4n) is 3.23. The summed E-state index contributed by atoms with van der Waals surface area (Å²) in [5, 5.41) is 5.92. The maximum absolute atomic E-state index is 3.74. The number of rotatable bonds is 7. The van der Waals surface area contributed by atoms with Crippen molar-refractivity contribution in [2.24, 2.45) is 0 Å². The van der Waals surface area contributed by atoms with Crippen LogP contribution >= 0.6 is 11.3 Å². The molecule has 0 saturated heterocycles. The molecule has 108 valence electrons. The van der Waals surface area contributed by atoms with Crippen molar-refractivity contribution in [2.75, 3.05) is 6.54 Å². The van der Waals surface area contributed by atoms with Crippen molar-refractivity contribution < 1.29 is 0 Å². The maximum atomic E-state index is 3.74. The molecular formula is C18H25NS. The monoisotopic (exact) mass is 287 g/mol. The largest absolute Gasteiger partial charge is 0.309 e. The Balaban J connectivity index is 2.49. The third-order valence-corrected chi connectivity index (χ3v) is 5.34. The summed E-state index contributed by atoms with van der Waals surface area (Å²) in [6.45, 7) is 7.82. The molecule has 20 heavy (non-hydrogen) atoms. The first-order chi connectivity index (χ1) is 9.78. The van der Waals surface area contributed by atoms with E-state index in [1.807, 2.05) is 11.3 Å². The van der Waals surface area contributed by atoms with E-state index in [4.69, 9.17) is 0 Å². The van der Waals surface area contributed by atoms with Crippen molar-refractivity contribution in [3.8, 4) is 0 Å². The van der Waals surface area contributed by atoms with Crippen molar-refractivity contribution in [1.29, 1.82) is 0 Å². The standard InChI is InChI=1S/C18H25NS/c1-4-18(5-2,15-11-8-7-9-12-15)17(19-6-3)16-13-10-14-20-16/h7-14,17,19H,4-6H2,1-3H3. The van der Waals surface area contributed by atoms with E-state index < -0.39 is 0 Å². The van der Waals surface area contributed by atoms with Gasteiger partial charge in [0.1, 0.15) is 0 Å². The second-order valence-corrected chi connectivity index (χ2v) is 6.21. The molecule has 1 atom stereocenters. The lowest BCUT2D eigenvalue weighted by atomic mass is 9.69. The van der Waals surface area contributed by atoms with Gasteiger partial charge in [0.15, 0.2) is 0 Å². The highest BCUT2D eigenvalue weighted by molar-refractivity contribution is 7.10. The predicted octanol–water partition coefficient (Wildman–Crippen LogP) is 5.16. The van der Waals surface area contributed by atoms with E-state index in [0.717, 1.165) is 19.4 Å². The van der Waals surface area contributed by atoms with E-state index in [1.165, 1.54) is 10.4 Å². The summed E-state index contributed by atoms with van der Waals surface area (Å²) in [4.78, 5) is 1.44. The van der Waals surface area contributed by atoms with Crippen LogP contribution in [0.3, 0.4) is 0 Å². The van der Waals surface area contributed by atoms with Crippen LogP contribution in [0.4, 0.5) is 0 Å². The van der Waals surface area contributed by atoms with E-state index in [0.29, 0.717) is 6.04 Å². The molecular weight excluding hydrogens is 262 g/mol. The van der Waals surface area contributed by atoms with Gasteiger partial charge in [0.25, 0.3) is 0 Å². The molecule has 1 aromatic carbocycles. The lowest BCUT2D eigenvalue weighted by Crippen LogP contribution is -2.40. The quantitative estimate of drug-likeness (QED) is 0.742. The van der Waals surface area contributed by atoms with Gasteiger partial charge in [0.05, 0.1) is 6.04 Å². The van der Waals surface area contributed by atoms with Gasteiger partial charge in [-0.3, -0.25) is 0 Å². The van der Waals surface area contributed by atoms with E-state index >= 15 is 0 Å². The van der Waals surface area contributed by atoms with Crippen molar-refractivity contribution in [2.45, 2.75) is 45.1 Å². The van der Waals surface area contributed by atoms with Crippen LogP contribution in [-0.4, -0.2) is 6.54 Å². The topological polar surface area (TPSA) is 12.0 Å². The Morgan fingerprint density at radius 2 is 1.70 bits per heavy atom. The Labute approximate surface area is 127 Å². The number of hydrogen-bond donors (Lipinski definition) is 1. The van der Waals surface area contributed by atoms with E-state index in [9.17, 15) is 0 Å². The molecule has 0 aliphatic rings. The average molecular weight is 287 g/mol. The van der Waals surface area contributed by atoms with Crippen LogP contribution in [0.1, 0.15) is 50.1 Å². The zero-order valence-electron chi connectivity index (χ0n) is 12.7. The normalized spacial score (nSPS) is 13.3. The molecule has 0 bridgehead atoms. The van der Waals surface area contributed by atoms with Gasteiger partial charge in [-0.25, -0.2) is 0 Å². The average Bonchev–Trinajstić information content (AvgIpc) is 3.03. The molecule has 0 radical (unpaired) electrons. The first kappa shape index (κ1) is 15.3. The number of thiophene rings is 1. The summed E-state index contributed by atoms with van der Waals surface area (Å²) < 4.78 is 0. The SMILES string of the molecule is CCNC(c1cccs1)C(CC)(CC)c1ccccc1. The third-order valence-electron chi connectivity index (χ3n) is 4.40. The molecule has 0 amide bonds. The van der Waals surface area contributed by atoms with Crippen LogP contribution in [0, 0.1) is 0 Å². The van der Waals surface area contributed by atoms with Gasteiger partial charge in [-0.1, -0.05) is 57.2 Å². The molecule has 0 aliphatic carbocycles. The summed E-state index contributed by atoms with van der Waals surface area (Å²) in [5.74, 6) is 0. The molecule has 1 N–H and O–H groups in total. The van der Waals surface area contributed by atoms with Crippen molar-refractivity contribution in [3.63, 3.8) is 0 Å². The minimum Gasteiger partial charge on any atom is -0.309 e. The van der Waals surface area contributed by atoms with Crippen molar-refractivity contribution >= 4 is 11.3 Å². The van der Waals surface area contributed by atoms with Crippen LogP contribution in [0.2, 0.25) is 0 Å². The predicted molar refractivity (Wildman–Crippen MR) is 89.4 cm³/mol. The fraction of sp³-hybridized carbons (Fsp3) is 0.444. The molecule has 0 aliphatic heterocycles. The van der Waals surface area contributed by atoms with E-state index in [1.54, 1.807) is 0 Å². The minimum atomic E-state index is 0.169. The van der Waals surface area contributed by atoms with Crippen LogP contribution in [0.25, 0.3) is 0 Å². The molecule has 1 unspecified atom stereocenters. The van der Waals surface area contributed by atoms with Gasteiger partial charge in [-0.2, -0.15) is 0 Å². The van der Waals surface area contributed by atoms with Crippen LogP contribution in [0.5, 0.6) is 0 Å². The fourth-order valence-corrected chi connectivity index (χ4v) is 4.15. The molecule has 2 rings (SSSR count). The highest BCUT2D eigenvalue weighted by Crippen LogP contribution is 2.44. The van der Waals surface area contributed by atoms with Gasteiger partial charge in [-0.15, -0.1) is 11.3 Å². The smallest absolute Gasteiger partial charge is 0.0512 e. The second kappa shape index (κ2) is 7.05. The van der Waals surface area contributed by atoms with Gasteiger partial charge in [0.2, 0.25) is 0 Å². The number of benzene rings is 1.